The minimum Gasteiger partial charge on any atom is -0.353 e. The van der Waals surface area contributed by atoms with Gasteiger partial charge >= 0.3 is 0 Å². The highest BCUT2D eigenvalue weighted by molar-refractivity contribution is 6.09. The van der Waals surface area contributed by atoms with E-state index in [1.54, 1.807) is 36.8 Å². The van der Waals surface area contributed by atoms with E-state index in [2.05, 4.69) is 15.0 Å². The third-order valence-corrected chi connectivity index (χ3v) is 3.66. The lowest BCUT2D eigenvalue weighted by Crippen LogP contribution is -1.92. The molecule has 0 saturated heterocycles. The van der Waals surface area contributed by atoms with Crippen LogP contribution in [0.1, 0.15) is 0 Å². The van der Waals surface area contributed by atoms with Gasteiger partial charge in [0.05, 0.1) is 27.0 Å². The fraction of sp³-hybridized carbons (Fsp3) is 0. The summed E-state index contributed by atoms with van der Waals surface area (Å²) in [6.45, 7) is 0. The molecule has 1 aromatic carbocycles. The van der Waals surface area contributed by atoms with Crippen LogP contribution in [0.5, 0.6) is 0 Å². The zero-order valence-corrected chi connectivity index (χ0v) is 11.4. The Labute approximate surface area is 124 Å². The molecule has 0 aliphatic carbocycles. The fourth-order valence-electron chi connectivity index (χ4n) is 2.70. The molecule has 0 fully saturated rings. The molecule has 106 valence electrons. The topological polar surface area (TPSA) is 84.7 Å². The quantitative estimate of drug-likeness (QED) is 0.450. The second kappa shape index (κ2) is 4.63. The molecule has 3 aromatic heterocycles. The first-order valence-electron chi connectivity index (χ1n) is 6.70. The van der Waals surface area contributed by atoms with Crippen LogP contribution in [-0.2, 0) is 0 Å². The Morgan fingerprint density at radius 1 is 1.05 bits per heavy atom. The summed E-state index contributed by atoms with van der Waals surface area (Å²) >= 11 is 0. The molecule has 0 radical (unpaired) electrons. The lowest BCUT2D eigenvalue weighted by Gasteiger charge is -2.04. The minimum atomic E-state index is -0.380. The monoisotopic (exact) mass is 290 g/mol. The number of benzene rings is 1. The maximum absolute atomic E-state index is 11.3. The highest BCUT2D eigenvalue weighted by atomic mass is 16.6. The summed E-state index contributed by atoms with van der Waals surface area (Å²) in [5, 5.41) is 12.1. The molecule has 0 aliphatic rings. The second-order valence-electron chi connectivity index (χ2n) is 4.91. The predicted octanol–water partition coefficient (Wildman–Crippen LogP) is 3.69. The molecule has 0 spiro atoms. The third kappa shape index (κ3) is 1.74. The third-order valence-electron chi connectivity index (χ3n) is 3.66. The lowest BCUT2D eigenvalue weighted by atomic mass is 10.0. The fourth-order valence-corrected chi connectivity index (χ4v) is 2.70. The summed E-state index contributed by atoms with van der Waals surface area (Å²) < 4.78 is 0. The Morgan fingerprint density at radius 3 is 2.77 bits per heavy atom. The molecular weight excluding hydrogens is 280 g/mol. The second-order valence-corrected chi connectivity index (χ2v) is 4.91. The first kappa shape index (κ1) is 12.5. The molecule has 3 heterocycles. The number of para-hydroxylation sites is 1. The molecule has 0 aliphatic heterocycles. The van der Waals surface area contributed by atoms with E-state index in [0.29, 0.717) is 11.1 Å². The van der Waals surface area contributed by atoms with Crippen LogP contribution in [0.25, 0.3) is 33.1 Å². The SMILES string of the molecule is O=[N+]([O-])c1ccccc1-c1cncc2c1[nH]c1cccnc12. The zero-order chi connectivity index (χ0) is 15.1. The molecule has 1 N–H and O–H groups in total. The van der Waals surface area contributed by atoms with E-state index in [9.17, 15) is 10.1 Å². The molecule has 0 amide bonds. The van der Waals surface area contributed by atoms with Gasteiger partial charge in [-0.05, 0) is 18.2 Å². The van der Waals surface area contributed by atoms with Crippen LogP contribution in [0.2, 0.25) is 0 Å². The Morgan fingerprint density at radius 2 is 1.91 bits per heavy atom. The van der Waals surface area contributed by atoms with E-state index < -0.39 is 0 Å². The van der Waals surface area contributed by atoms with Crippen molar-refractivity contribution in [2.75, 3.05) is 0 Å². The number of nitrogens with zero attached hydrogens (tertiary/aromatic N) is 3. The van der Waals surface area contributed by atoms with Crippen molar-refractivity contribution in [1.82, 2.24) is 15.0 Å². The van der Waals surface area contributed by atoms with Gasteiger partial charge in [-0.3, -0.25) is 20.1 Å². The van der Waals surface area contributed by atoms with Crippen LogP contribution in [0.3, 0.4) is 0 Å². The normalized spacial score (nSPS) is 11.1. The van der Waals surface area contributed by atoms with Crippen molar-refractivity contribution < 1.29 is 4.92 Å². The van der Waals surface area contributed by atoms with Gasteiger partial charge in [0.25, 0.3) is 5.69 Å². The van der Waals surface area contributed by atoms with Gasteiger partial charge in [0.2, 0.25) is 0 Å². The van der Waals surface area contributed by atoms with E-state index >= 15 is 0 Å². The molecule has 0 unspecified atom stereocenters. The number of nitro groups is 1. The number of nitro benzene ring substituents is 1. The minimum absolute atomic E-state index is 0.0587. The number of pyridine rings is 2. The lowest BCUT2D eigenvalue weighted by molar-refractivity contribution is -0.384. The molecule has 6 nitrogen and oxygen atoms in total. The van der Waals surface area contributed by atoms with Crippen molar-refractivity contribution >= 4 is 27.6 Å². The zero-order valence-electron chi connectivity index (χ0n) is 11.4. The number of fused-ring (bicyclic) bond motifs is 3. The highest BCUT2D eigenvalue weighted by Gasteiger charge is 2.18. The standard InChI is InChI=1S/C16H10N4O2/c21-20(22)14-6-2-1-4-10(14)11-8-17-9-12-15(11)19-13-5-3-7-18-16(12)13/h1-9,19H. The first-order chi connectivity index (χ1) is 10.8. The summed E-state index contributed by atoms with van der Waals surface area (Å²) in [7, 11) is 0. The van der Waals surface area contributed by atoms with Gasteiger partial charge in [-0.1, -0.05) is 12.1 Å². The molecule has 0 saturated carbocycles. The number of H-pyrrole nitrogens is 1. The van der Waals surface area contributed by atoms with Crippen LogP contribution in [0.4, 0.5) is 5.69 Å². The van der Waals surface area contributed by atoms with Crippen LogP contribution < -0.4 is 0 Å². The molecule has 0 atom stereocenters. The predicted molar refractivity (Wildman–Crippen MR) is 83.5 cm³/mol. The van der Waals surface area contributed by atoms with Crippen molar-refractivity contribution in [3.63, 3.8) is 0 Å². The molecule has 4 rings (SSSR count). The van der Waals surface area contributed by atoms with E-state index in [0.717, 1.165) is 21.9 Å². The van der Waals surface area contributed by atoms with Gasteiger partial charge < -0.3 is 4.98 Å². The Bertz CT molecular complexity index is 1020. The summed E-state index contributed by atoms with van der Waals surface area (Å²) in [4.78, 5) is 22.8. The van der Waals surface area contributed by atoms with Crippen LogP contribution in [0, 0.1) is 10.1 Å². The number of hydrogen-bond acceptors (Lipinski definition) is 4. The summed E-state index contributed by atoms with van der Waals surface area (Å²) in [5.74, 6) is 0. The largest absolute Gasteiger partial charge is 0.353 e. The molecule has 22 heavy (non-hydrogen) atoms. The van der Waals surface area contributed by atoms with Gasteiger partial charge in [0.15, 0.2) is 0 Å². The number of aromatic nitrogens is 3. The van der Waals surface area contributed by atoms with Gasteiger partial charge in [-0.15, -0.1) is 0 Å². The Balaban J connectivity index is 2.10. The van der Waals surface area contributed by atoms with Gasteiger partial charge in [0.1, 0.15) is 0 Å². The molecule has 6 heteroatoms. The molecule has 4 aromatic rings. The van der Waals surface area contributed by atoms with Crippen LogP contribution >= 0.6 is 0 Å². The number of aromatic amines is 1. The van der Waals surface area contributed by atoms with E-state index in [-0.39, 0.29) is 10.6 Å². The Hall–Kier alpha value is -3.28. The summed E-state index contributed by atoms with van der Waals surface area (Å²) in [6.07, 6.45) is 5.08. The number of rotatable bonds is 2. The number of hydrogen-bond donors (Lipinski definition) is 1. The van der Waals surface area contributed by atoms with E-state index in [1.165, 1.54) is 6.07 Å². The summed E-state index contributed by atoms with van der Waals surface area (Å²) in [5.41, 5.74) is 3.79. The van der Waals surface area contributed by atoms with Crippen LogP contribution in [-0.4, -0.2) is 19.9 Å². The van der Waals surface area contributed by atoms with Gasteiger partial charge in [0, 0.05) is 35.6 Å². The maximum atomic E-state index is 11.3. The number of nitrogens with one attached hydrogen (secondary N) is 1. The van der Waals surface area contributed by atoms with Gasteiger partial charge in [-0.25, -0.2) is 0 Å². The Kier molecular flexibility index (Phi) is 2.62. The summed E-state index contributed by atoms with van der Waals surface area (Å²) in [6, 6.07) is 10.4. The van der Waals surface area contributed by atoms with Crippen LogP contribution in [0.15, 0.2) is 55.0 Å². The molecular formula is C16H10N4O2. The van der Waals surface area contributed by atoms with Crippen molar-refractivity contribution in [1.29, 1.82) is 0 Å². The van der Waals surface area contributed by atoms with E-state index in [1.807, 2.05) is 12.1 Å². The average Bonchev–Trinajstić information content (AvgIpc) is 2.93. The molecule has 0 bridgehead atoms. The highest BCUT2D eigenvalue weighted by Crippen LogP contribution is 2.35. The van der Waals surface area contributed by atoms with Crippen molar-refractivity contribution in [3.8, 4) is 11.1 Å². The average molecular weight is 290 g/mol. The van der Waals surface area contributed by atoms with E-state index in [4.69, 9.17) is 0 Å². The van der Waals surface area contributed by atoms with Gasteiger partial charge in [-0.2, -0.15) is 0 Å². The van der Waals surface area contributed by atoms with Crippen molar-refractivity contribution in [2.45, 2.75) is 0 Å². The first-order valence-corrected chi connectivity index (χ1v) is 6.70. The maximum Gasteiger partial charge on any atom is 0.277 e. The smallest absolute Gasteiger partial charge is 0.277 e. The van der Waals surface area contributed by atoms with Crippen molar-refractivity contribution in [3.05, 3.63) is 65.1 Å². The van der Waals surface area contributed by atoms with Crippen molar-refractivity contribution in [2.24, 2.45) is 0 Å².